The molecule has 0 unspecified atom stereocenters. The molecule has 0 radical (unpaired) electrons. The molecule has 1 amide bonds. The first kappa shape index (κ1) is 22.1. The summed E-state index contributed by atoms with van der Waals surface area (Å²) >= 11 is 1.45. The van der Waals surface area contributed by atoms with Crippen molar-refractivity contribution in [1.82, 2.24) is 14.9 Å². The summed E-state index contributed by atoms with van der Waals surface area (Å²) in [6.07, 6.45) is 0.627. The van der Waals surface area contributed by atoms with Gasteiger partial charge in [0.15, 0.2) is 17.3 Å². The standard InChI is InChI=1S/C25H27N3O3S/c1-4-28(5-2)21(29)16-32-25-19-15-18-13-10-14-20(30-6-3)22(18)31-24(19)26-23(27-25)17-11-8-7-9-12-17/h7-14H,4-6,15-16H2,1-3H3. The van der Waals surface area contributed by atoms with Crippen LogP contribution in [0.2, 0.25) is 0 Å². The van der Waals surface area contributed by atoms with Crippen molar-refractivity contribution < 1.29 is 14.3 Å². The molecule has 3 aromatic rings. The Bertz CT molecular complexity index is 1100. The van der Waals surface area contributed by atoms with Gasteiger partial charge in [-0.2, -0.15) is 4.98 Å². The number of amides is 1. The highest BCUT2D eigenvalue weighted by Crippen LogP contribution is 2.44. The Labute approximate surface area is 193 Å². The first-order valence-electron chi connectivity index (χ1n) is 10.9. The number of thioether (sulfide) groups is 1. The van der Waals surface area contributed by atoms with Crippen molar-refractivity contribution in [3.8, 4) is 28.8 Å². The number of aromatic nitrogens is 2. The van der Waals surface area contributed by atoms with Gasteiger partial charge in [-0.25, -0.2) is 4.98 Å². The average Bonchev–Trinajstić information content (AvgIpc) is 2.83. The number of ether oxygens (including phenoxy) is 2. The minimum absolute atomic E-state index is 0.101. The van der Waals surface area contributed by atoms with E-state index in [0.717, 1.165) is 21.7 Å². The van der Waals surface area contributed by atoms with E-state index in [-0.39, 0.29) is 5.91 Å². The molecule has 1 aliphatic rings. The number of hydrogen-bond acceptors (Lipinski definition) is 6. The van der Waals surface area contributed by atoms with E-state index in [1.807, 2.05) is 74.2 Å². The summed E-state index contributed by atoms with van der Waals surface area (Å²) in [7, 11) is 0. The number of para-hydroxylation sites is 1. The average molecular weight is 450 g/mol. The fourth-order valence-electron chi connectivity index (χ4n) is 3.69. The number of carbonyl (C=O) groups is 1. The van der Waals surface area contributed by atoms with Crippen molar-refractivity contribution >= 4 is 17.7 Å². The zero-order valence-electron chi connectivity index (χ0n) is 18.6. The van der Waals surface area contributed by atoms with Crippen LogP contribution in [-0.4, -0.2) is 46.2 Å². The fourth-order valence-corrected chi connectivity index (χ4v) is 4.61. The maximum atomic E-state index is 12.6. The molecule has 0 aliphatic carbocycles. The van der Waals surface area contributed by atoms with Gasteiger partial charge in [0.2, 0.25) is 11.8 Å². The summed E-state index contributed by atoms with van der Waals surface area (Å²) in [6.45, 7) is 7.89. The van der Waals surface area contributed by atoms with Gasteiger partial charge in [-0.05, 0) is 26.8 Å². The molecule has 2 aromatic carbocycles. The number of carbonyl (C=O) groups excluding carboxylic acids is 1. The van der Waals surface area contributed by atoms with E-state index in [0.29, 0.717) is 55.1 Å². The predicted molar refractivity (Wildman–Crippen MR) is 127 cm³/mol. The SMILES string of the molecule is CCOc1cccc2c1Oc1nc(-c3ccccc3)nc(SCC(=O)N(CC)CC)c1C2. The summed E-state index contributed by atoms with van der Waals surface area (Å²) in [5, 5.41) is 0.779. The van der Waals surface area contributed by atoms with Crippen molar-refractivity contribution in [3.05, 3.63) is 59.7 Å². The highest BCUT2D eigenvalue weighted by atomic mass is 32.2. The van der Waals surface area contributed by atoms with Crippen LogP contribution in [0.1, 0.15) is 31.9 Å². The van der Waals surface area contributed by atoms with Crippen molar-refractivity contribution in [2.75, 3.05) is 25.4 Å². The largest absolute Gasteiger partial charge is 0.490 e. The molecule has 32 heavy (non-hydrogen) atoms. The number of rotatable bonds is 8. The maximum Gasteiger partial charge on any atom is 0.232 e. The van der Waals surface area contributed by atoms with E-state index < -0.39 is 0 Å². The quantitative estimate of drug-likeness (QED) is 0.272. The summed E-state index contributed by atoms with van der Waals surface area (Å²) in [4.78, 5) is 24.0. The van der Waals surface area contributed by atoms with Crippen molar-refractivity contribution in [2.45, 2.75) is 32.2 Å². The molecule has 0 fully saturated rings. The van der Waals surface area contributed by atoms with Crippen LogP contribution in [-0.2, 0) is 11.2 Å². The summed E-state index contributed by atoms with van der Waals surface area (Å²) in [6, 6.07) is 15.7. The zero-order valence-corrected chi connectivity index (χ0v) is 19.4. The van der Waals surface area contributed by atoms with Gasteiger partial charge in [-0.1, -0.05) is 54.2 Å². The van der Waals surface area contributed by atoms with E-state index in [4.69, 9.17) is 19.4 Å². The lowest BCUT2D eigenvalue weighted by Gasteiger charge is -2.24. The molecule has 1 aliphatic heterocycles. The maximum absolute atomic E-state index is 12.6. The Kier molecular flexibility index (Phi) is 6.95. The van der Waals surface area contributed by atoms with Gasteiger partial charge in [0.1, 0.15) is 5.03 Å². The Balaban J connectivity index is 1.72. The van der Waals surface area contributed by atoms with Crippen molar-refractivity contribution in [1.29, 1.82) is 0 Å². The van der Waals surface area contributed by atoms with Gasteiger partial charge >= 0.3 is 0 Å². The molecule has 4 rings (SSSR count). The van der Waals surface area contributed by atoms with Crippen LogP contribution in [0.5, 0.6) is 17.4 Å². The second-order valence-corrected chi connectivity index (χ2v) is 8.28. The third kappa shape index (κ3) is 4.58. The smallest absolute Gasteiger partial charge is 0.232 e. The molecule has 0 atom stereocenters. The second-order valence-electron chi connectivity index (χ2n) is 7.31. The van der Waals surface area contributed by atoms with E-state index in [2.05, 4.69) is 0 Å². The van der Waals surface area contributed by atoms with Gasteiger partial charge in [0.25, 0.3) is 0 Å². The van der Waals surface area contributed by atoms with Gasteiger partial charge in [0.05, 0.1) is 17.9 Å². The fraction of sp³-hybridized carbons (Fsp3) is 0.320. The third-order valence-electron chi connectivity index (χ3n) is 5.34. The Morgan fingerprint density at radius 2 is 1.84 bits per heavy atom. The first-order chi connectivity index (χ1) is 15.6. The monoisotopic (exact) mass is 449 g/mol. The molecule has 0 saturated carbocycles. The molecular weight excluding hydrogens is 422 g/mol. The molecule has 0 bridgehead atoms. The number of nitrogens with zero attached hydrogens (tertiary/aromatic N) is 3. The molecule has 166 valence electrons. The minimum Gasteiger partial charge on any atom is -0.490 e. The van der Waals surface area contributed by atoms with Crippen LogP contribution in [0.15, 0.2) is 53.6 Å². The van der Waals surface area contributed by atoms with Crippen LogP contribution < -0.4 is 9.47 Å². The number of hydrogen-bond donors (Lipinski definition) is 0. The van der Waals surface area contributed by atoms with Crippen LogP contribution >= 0.6 is 11.8 Å². The summed E-state index contributed by atoms with van der Waals surface area (Å²) in [5.41, 5.74) is 2.83. The lowest BCUT2D eigenvalue weighted by molar-refractivity contribution is -0.127. The predicted octanol–water partition coefficient (Wildman–Crippen LogP) is 5.20. The first-order valence-corrected chi connectivity index (χ1v) is 11.9. The summed E-state index contributed by atoms with van der Waals surface area (Å²) < 4.78 is 12.0. The third-order valence-corrected chi connectivity index (χ3v) is 6.34. The normalized spacial score (nSPS) is 11.8. The topological polar surface area (TPSA) is 64.5 Å². The zero-order chi connectivity index (χ0) is 22.5. The molecular formula is C25H27N3O3S. The molecule has 0 N–H and O–H groups in total. The Morgan fingerprint density at radius 1 is 1.06 bits per heavy atom. The van der Waals surface area contributed by atoms with Crippen molar-refractivity contribution in [3.63, 3.8) is 0 Å². The molecule has 0 spiro atoms. The number of benzene rings is 2. The van der Waals surface area contributed by atoms with E-state index in [9.17, 15) is 4.79 Å². The highest BCUT2D eigenvalue weighted by Gasteiger charge is 2.27. The van der Waals surface area contributed by atoms with Gasteiger partial charge in [0, 0.05) is 30.6 Å². The van der Waals surface area contributed by atoms with Crippen molar-refractivity contribution in [2.24, 2.45) is 0 Å². The second kappa shape index (κ2) is 10.0. The molecule has 0 saturated heterocycles. The number of fused-ring (bicyclic) bond motifs is 2. The molecule has 6 nitrogen and oxygen atoms in total. The van der Waals surface area contributed by atoms with Gasteiger partial charge in [-0.15, -0.1) is 0 Å². The van der Waals surface area contributed by atoms with Crippen LogP contribution in [0.4, 0.5) is 0 Å². The van der Waals surface area contributed by atoms with E-state index in [1.165, 1.54) is 11.8 Å². The Hall–Kier alpha value is -3.06. The van der Waals surface area contributed by atoms with Crippen LogP contribution in [0, 0.1) is 0 Å². The van der Waals surface area contributed by atoms with Gasteiger partial charge < -0.3 is 14.4 Å². The minimum atomic E-state index is 0.101. The Morgan fingerprint density at radius 3 is 2.56 bits per heavy atom. The molecule has 2 heterocycles. The van der Waals surface area contributed by atoms with Crippen LogP contribution in [0.25, 0.3) is 11.4 Å². The van der Waals surface area contributed by atoms with E-state index in [1.54, 1.807) is 0 Å². The molecule has 1 aromatic heterocycles. The van der Waals surface area contributed by atoms with Gasteiger partial charge in [-0.3, -0.25) is 4.79 Å². The lowest BCUT2D eigenvalue weighted by atomic mass is 10.0. The molecule has 7 heteroatoms. The lowest BCUT2D eigenvalue weighted by Crippen LogP contribution is -2.31. The van der Waals surface area contributed by atoms with E-state index >= 15 is 0 Å². The highest BCUT2D eigenvalue weighted by molar-refractivity contribution is 7.99. The van der Waals surface area contributed by atoms with Crippen LogP contribution in [0.3, 0.4) is 0 Å². The summed E-state index contributed by atoms with van der Waals surface area (Å²) in [5.74, 6) is 2.95.